The fraction of sp³-hybridized carbons (Fsp3) is 0.333. The standard InChI is InChI=1S/C14H18N2O5.C13H16N2O5/c1-21-14(20)11(7-9-5-3-2-4-6-9)16-13(19)10(15)8-12(17)18;14-9(7-11(16)17)12(18)15-10(13(19)20)6-8-4-2-1-3-5-8/h2-6,10-11H,7-8,15H2,1H3,(H,16,19)(H,17,18);1-5,9-10H,6-7,14H2,(H,15,18)(H,16,17)(H,19,20)/t;9-,10-/m.0/s1. The van der Waals surface area contributed by atoms with Gasteiger partial charge in [-0.25, -0.2) is 9.59 Å². The number of carboxylic acid groups (broad SMARTS) is 3. The van der Waals surface area contributed by atoms with Gasteiger partial charge in [0.2, 0.25) is 11.8 Å². The Morgan fingerprint density at radius 1 is 0.683 bits per heavy atom. The summed E-state index contributed by atoms with van der Waals surface area (Å²) < 4.78 is 4.64. The molecule has 0 saturated heterocycles. The van der Waals surface area contributed by atoms with Crippen LogP contribution >= 0.6 is 0 Å². The summed E-state index contributed by atoms with van der Waals surface area (Å²) in [6.07, 6.45) is -0.727. The Labute approximate surface area is 235 Å². The second kappa shape index (κ2) is 17.7. The molecule has 2 unspecified atom stereocenters. The number of hydrogen-bond donors (Lipinski definition) is 7. The van der Waals surface area contributed by atoms with Crippen LogP contribution in [0, 0.1) is 0 Å². The summed E-state index contributed by atoms with van der Waals surface area (Å²) >= 11 is 0. The molecular formula is C27H34N4O10. The van der Waals surface area contributed by atoms with Gasteiger partial charge in [-0.1, -0.05) is 60.7 Å². The maximum absolute atomic E-state index is 11.8. The number of aliphatic carboxylic acids is 3. The normalized spacial score (nSPS) is 13.1. The Kier molecular flexibility index (Phi) is 14.8. The first-order valence-corrected chi connectivity index (χ1v) is 12.3. The van der Waals surface area contributed by atoms with E-state index in [1.807, 2.05) is 18.2 Å². The number of hydrogen-bond acceptors (Lipinski definition) is 9. The molecule has 2 rings (SSSR count). The molecule has 2 aromatic carbocycles. The Hall–Kier alpha value is -4.82. The molecule has 0 aromatic heterocycles. The first-order chi connectivity index (χ1) is 19.3. The number of carbonyl (C=O) groups is 6. The minimum absolute atomic E-state index is 0.0989. The number of carbonyl (C=O) groups excluding carboxylic acids is 3. The molecule has 41 heavy (non-hydrogen) atoms. The molecule has 0 bridgehead atoms. The fourth-order valence-corrected chi connectivity index (χ4v) is 3.35. The van der Waals surface area contributed by atoms with Gasteiger partial charge in [-0.15, -0.1) is 0 Å². The number of nitrogens with two attached hydrogens (primary N) is 2. The zero-order chi connectivity index (χ0) is 30.9. The van der Waals surface area contributed by atoms with Crippen LogP contribution in [0.15, 0.2) is 60.7 Å². The van der Waals surface area contributed by atoms with Crippen molar-refractivity contribution in [3.05, 3.63) is 71.8 Å². The molecular weight excluding hydrogens is 540 g/mol. The monoisotopic (exact) mass is 574 g/mol. The van der Waals surface area contributed by atoms with Crippen LogP contribution in [-0.2, 0) is 46.3 Å². The highest BCUT2D eigenvalue weighted by Gasteiger charge is 2.26. The number of rotatable bonds is 14. The maximum atomic E-state index is 11.8. The first-order valence-electron chi connectivity index (χ1n) is 12.3. The third-order valence-corrected chi connectivity index (χ3v) is 5.44. The van der Waals surface area contributed by atoms with Crippen LogP contribution in [0.2, 0.25) is 0 Å². The van der Waals surface area contributed by atoms with Gasteiger partial charge in [0, 0.05) is 12.8 Å². The first kappa shape index (κ1) is 34.2. The molecule has 2 amide bonds. The van der Waals surface area contributed by atoms with Crippen molar-refractivity contribution < 1.29 is 48.8 Å². The van der Waals surface area contributed by atoms with E-state index in [0.717, 1.165) is 11.1 Å². The minimum atomic E-state index is -1.27. The number of carboxylic acids is 3. The van der Waals surface area contributed by atoms with Crippen molar-refractivity contribution in [3.8, 4) is 0 Å². The Balaban J connectivity index is 0.000000410. The third kappa shape index (κ3) is 13.7. The van der Waals surface area contributed by atoms with Gasteiger partial charge in [-0.3, -0.25) is 19.2 Å². The van der Waals surface area contributed by atoms with Crippen LogP contribution in [0.4, 0.5) is 0 Å². The largest absolute Gasteiger partial charge is 0.481 e. The van der Waals surface area contributed by atoms with Crippen molar-refractivity contribution in [2.75, 3.05) is 7.11 Å². The lowest BCUT2D eigenvalue weighted by Gasteiger charge is -2.18. The second-order valence-electron chi connectivity index (χ2n) is 8.77. The molecule has 2 aromatic rings. The lowest BCUT2D eigenvalue weighted by Crippen LogP contribution is -2.50. The molecule has 14 nitrogen and oxygen atoms in total. The van der Waals surface area contributed by atoms with E-state index < -0.39 is 72.7 Å². The van der Waals surface area contributed by atoms with Crippen LogP contribution in [0.5, 0.6) is 0 Å². The van der Waals surface area contributed by atoms with Gasteiger partial charge < -0.3 is 42.2 Å². The van der Waals surface area contributed by atoms with Crippen LogP contribution in [0.1, 0.15) is 24.0 Å². The minimum Gasteiger partial charge on any atom is -0.481 e. The molecule has 14 heteroatoms. The molecule has 0 fully saturated rings. The summed E-state index contributed by atoms with van der Waals surface area (Å²) in [5.74, 6) is -5.73. The van der Waals surface area contributed by atoms with E-state index in [2.05, 4.69) is 15.4 Å². The van der Waals surface area contributed by atoms with Crippen LogP contribution in [0.25, 0.3) is 0 Å². The van der Waals surface area contributed by atoms with E-state index in [0.29, 0.717) is 0 Å². The quantitative estimate of drug-likeness (QED) is 0.138. The smallest absolute Gasteiger partial charge is 0.328 e. The molecule has 0 heterocycles. The van der Waals surface area contributed by atoms with Crippen molar-refractivity contribution in [3.63, 3.8) is 0 Å². The van der Waals surface area contributed by atoms with Crippen LogP contribution in [0.3, 0.4) is 0 Å². The molecule has 222 valence electrons. The number of amides is 2. The zero-order valence-electron chi connectivity index (χ0n) is 22.3. The van der Waals surface area contributed by atoms with Crippen molar-refractivity contribution in [1.29, 1.82) is 0 Å². The van der Waals surface area contributed by atoms with E-state index in [-0.39, 0.29) is 12.8 Å². The second-order valence-corrected chi connectivity index (χ2v) is 8.77. The molecule has 0 spiro atoms. The van der Waals surface area contributed by atoms with Crippen LogP contribution in [-0.4, -0.2) is 82.3 Å². The molecule has 4 atom stereocenters. The molecule has 0 aliphatic heterocycles. The Morgan fingerprint density at radius 3 is 1.39 bits per heavy atom. The number of benzene rings is 2. The van der Waals surface area contributed by atoms with Gasteiger partial charge in [0.05, 0.1) is 32.0 Å². The van der Waals surface area contributed by atoms with Gasteiger partial charge in [-0.05, 0) is 11.1 Å². The summed E-state index contributed by atoms with van der Waals surface area (Å²) in [4.78, 5) is 67.2. The number of esters is 1. The Morgan fingerprint density at radius 2 is 1.05 bits per heavy atom. The lowest BCUT2D eigenvalue weighted by atomic mass is 10.1. The number of ether oxygens (including phenoxy) is 1. The highest BCUT2D eigenvalue weighted by molar-refractivity contribution is 5.90. The van der Waals surface area contributed by atoms with Gasteiger partial charge >= 0.3 is 23.9 Å². The highest BCUT2D eigenvalue weighted by Crippen LogP contribution is 2.06. The average molecular weight is 575 g/mol. The zero-order valence-corrected chi connectivity index (χ0v) is 22.3. The lowest BCUT2D eigenvalue weighted by molar-refractivity contribution is -0.145. The van der Waals surface area contributed by atoms with Crippen molar-refractivity contribution in [2.45, 2.75) is 49.9 Å². The summed E-state index contributed by atoms with van der Waals surface area (Å²) in [5, 5.41) is 30.9. The van der Waals surface area contributed by atoms with Crippen molar-refractivity contribution in [1.82, 2.24) is 10.6 Å². The molecule has 0 radical (unpaired) electrons. The van der Waals surface area contributed by atoms with Gasteiger partial charge in [0.1, 0.15) is 12.1 Å². The molecule has 0 aliphatic rings. The number of methoxy groups -OCH3 is 1. The average Bonchev–Trinajstić information content (AvgIpc) is 2.92. The van der Waals surface area contributed by atoms with E-state index in [1.54, 1.807) is 42.5 Å². The highest BCUT2D eigenvalue weighted by atomic mass is 16.5. The summed E-state index contributed by atoms with van der Waals surface area (Å²) in [6.45, 7) is 0. The van der Waals surface area contributed by atoms with E-state index >= 15 is 0 Å². The molecule has 0 aliphatic carbocycles. The summed E-state index contributed by atoms with van der Waals surface area (Å²) in [5.41, 5.74) is 12.4. The van der Waals surface area contributed by atoms with Crippen molar-refractivity contribution in [2.24, 2.45) is 11.5 Å². The van der Waals surface area contributed by atoms with Crippen LogP contribution < -0.4 is 22.1 Å². The van der Waals surface area contributed by atoms with Gasteiger partial charge in [-0.2, -0.15) is 0 Å². The Bertz CT molecular complexity index is 1180. The van der Waals surface area contributed by atoms with Crippen molar-refractivity contribution >= 4 is 35.7 Å². The molecule has 0 saturated carbocycles. The SMILES string of the molecule is COC(=O)C(Cc1ccccc1)NC(=O)C(N)CC(=O)O.N[C@@H](CC(=O)O)C(=O)N[C@@H](Cc1ccccc1)C(=O)O. The summed E-state index contributed by atoms with van der Waals surface area (Å²) in [7, 11) is 1.21. The maximum Gasteiger partial charge on any atom is 0.328 e. The number of nitrogens with one attached hydrogen (secondary N) is 2. The third-order valence-electron chi connectivity index (χ3n) is 5.44. The van der Waals surface area contributed by atoms with E-state index in [4.69, 9.17) is 26.8 Å². The fourth-order valence-electron chi connectivity index (χ4n) is 3.35. The predicted molar refractivity (Wildman–Crippen MR) is 144 cm³/mol. The van der Waals surface area contributed by atoms with Gasteiger partial charge in [0.25, 0.3) is 0 Å². The van der Waals surface area contributed by atoms with E-state index in [9.17, 15) is 28.8 Å². The topological polar surface area (TPSA) is 248 Å². The van der Waals surface area contributed by atoms with E-state index in [1.165, 1.54) is 7.11 Å². The summed E-state index contributed by atoms with van der Waals surface area (Å²) in [6, 6.07) is 13.3. The molecule has 9 N–H and O–H groups in total. The van der Waals surface area contributed by atoms with Gasteiger partial charge in [0.15, 0.2) is 0 Å². The predicted octanol–water partition coefficient (Wildman–Crippen LogP) is -0.711.